The number of pyridine rings is 1. The number of hydrogen-bond acceptors (Lipinski definition) is 5. The van der Waals surface area contributed by atoms with Gasteiger partial charge in [-0.25, -0.2) is 0 Å². The van der Waals surface area contributed by atoms with Crippen LogP contribution in [0.1, 0.15) is 23.7 Å². The van der Waals surface area contributed by atoms with E-state index in [0.717, 1.165) is 16.8 Å². The highest BCUT2D eigenvalue weighted by atomic mass is 16.6. The van der Waals surface area contributed by atoms with Crippen LogP contribution >= 0.6 is 0 Å². The van der Waals surface area contributed by atoms with Crippen LogP contribution in [-0.4, -0.2) is 52.8 Å². The number of rotatable bonds is 1. The van der Waals surface area contributed by atoms with Crippen molar-refractivity contribution in [3.8, 4) is 11.8 Å². The predicted octanol–water partition coefficient (Wildman–Crippen LogP) is 0.811. The Morgan fingerprint density at radius 2 is 2.19 bits per heavy atom. The summed E-state index contributed by atoms with van der Waals surface area (Å²) in [4.78, 5) is 17.4. The lowest BCUT2D eigenvalue weighted by molar-refractivity contribution is -0.228. The fraction of sp³-hybridized carbons (Fsp3) is 0.474. The first-order valence-corrected chi connectivity index (χ1v) is 8.72. The maximum atomic E-state index is 12.4. The van der Waals surface area contributed by atoms with Gasteiger partial charge in [0.25, 0.3) is 5.56 Å². The van der Waals surface area contributed by atoms with Crippen LogP contribution in [0.15, 0.2) is 23.3 Å². The topological polar surface area (TPSA) is 72.4 Å². The fourth-order valence-corrected chi connectivity index (χ4v) is 3.52. The maximum absolute atomic E-state index is 12.4. The molecule has 1 atom stereocenters. The van der Waals surface area contributed by atoms with E-state index in [1.807, 2.05) is 26.2 Å². The Kier molecular flexibility index (Phi) is 4.10. The van der Waals surface area contributed by atoms with E-state index < -0.39 is 0 Å². The van der Waals surface area contributed by atoms with E-state index in [9.17, 15) is 4.79 Å². The summed E-state index contributed by atoms with van der Waals surface area (Å²) in [6, 6.07) is 1.92. The van der Waals surface area contributed by atoms with Crippen molar-refractivity contribution in [1.82, 2.24) is 14.8 Å². The van der Waals surface area contributed by atoms with E-state index in [2.05, 4.69) is 33.7 Å². The number of aryl methyl sites for hydroxylation is 2. The molecule has 136 valence electrons. The molecule has 2 fully saturated rings. The molecule has 1 N–H and O–H groups in total. The number of aromatic amines is 1. The van der Waals surface area contributed by atoms with Crippen LogP contribution in [0.3, 0.4) is 0 Å². The van der Waals surface area contributed by atoms with Crippen LogP contribution in [0.5, 0.6) is 0 Å². The summed E-state index contributed by atoms with van der Waals surface area (Å²) in [5.41, 5.74) is 2.74. The lowest BCUT2D eigenvalue weighted by Gasteiger charge is -2.53. The third-order valence-corrected chi connectivity index (χ3v) is 5.19. The van der Waals surface area contributed by atoms with Gasteiger partial charge in [0.2, 0.25) is 0 Å². The van der Waals surface area contributed by atoms with Crippen molar-refractivity contribution in [1.29, 1.82) is 0 Å². The summed E-state index contributed by atoms with van der Waals surface area (Å²) in [5, 5.41) is 4.29. The van der Waals surface area contributed by atoms with Crippen molar-refractivity contribution in [2.75, 3.05) is 31.3 Å². The Bertz CT molecular complexity index is 946. The van der Waals surface area contributed by atoms with E-state index >= 15 is 0 Å². The van der Waals surface area contributed by atoms with Gasteiger partial charge in [0, 0.05) is 31.5 Å². The monoisotopic (exact) mass is 354 g/mol. The standard InChI is InChI=1S/C19H22N4O3/c1-13-16(10-22(3)21-13)5-4-15-8-17(18(24)20-9-15)23-6-7-26-19(14(23)2)11-25-12-19/h8-10,14H,6-7,11-12H2,1-3H3,(H,20,24). The first-order chi connectivity index (χ1) is 12.5. The van der Waals surface area contributed by atoms with Crippen molar-refractivity contribution in [3.05, 3.63) is 45.6 Å². The molecule has 7 nitrogen and oxygen atoms in total. The molecule has 0 aliphatic carbocycles. The van der Waals surface area contributed by atoms with Gasteiger partial charge in [-0.15, -0.1) is 0 Å². The SMILES string of the molecule is Cc1nn(C)cc1C#Cc1c[nH]c(=O)c(N2CCOC3(COC3)C2C)c1. The summed E-state index contributed by atoms with van der Waals surface area (Å²) in [7, 11) is 1.87. The third kappa shape index (κ3) is 2.81. The Morgan fingerprint density at radius 1 is 1.38 bits per heavy atom. The molecule has 0 bridgehead atoms. The number of aromatic nitrogens is 3. The van der Waals surface area contributed by atoms with Crippen LogP contribution in [-0.2, 0) is 16.5 Å². The minimum absolute atomic E-state index is 0.0647. The molecule has 1 spiro atoms. The third-order valence-electron chi connectivity index (χ3n) is 5.19. The van der Waals surface area contributed by atoms with Crippen molar-refractivity contribution in [2.24, 2.45) is 7.05 Å². The number of nitrogens with one attached hydrogen (secondary N) is 1. The number of H-pyrrole nitrogens is 1. The summed E-state index contributed by atoms with van der Waals surface area (Å²) >= 11 is 0. The molecule has 4 heterocycles. The number of nitrogens with zero attached hydrogens (tertiary/aromatic N) is 3. The van der Waals surface area contributed by atoms with E-state index in [0.29, 0.717) is 32.1 Å². The van der Waals surface area contributed by atoms with Crippen LogP contribution in [0, 0.1) is 18.8 Å². The molecule has 4 rings (SSSR count). The number of ether oxygens (including phenoxy) is 2. The first kappa shape index (κ1) is 16.9. The minimum Gasteiger partial charge on any atom is -0.375 e. The summed E-state index contributed by atoms with van der Waals surface area (Å²) in [5.74, 6) is 6.26. The second-order valence-corrected chi connectivity index (χ2v) is 6.93. The van der Waals surface area contributed by atoms with E-state index in [1.165, 1.54) is 0 Å². The summed E-state index contributed by atoms with van der Waals surface area (Å²) < 4.78 is 13.0. The second-order valence-electron chi connectivity index (χ2n) is 6.93. The predicted molar refractivity (Wildman–Crippen MR) is 97.3 cm³/mol. The van der Waals surface area contributed by atoms with Crippen molar-refractivity contribution < 1.29 is 9.47 Å². The highest BCUT2D eigenvalue weighted by Gasteiger charge is 2.50. The van der Waals surface area contributed by atoms with Gasteiger partial charge in [-0.3, -0.25) is 9.48 Å². The van der Waals surface area contributed by atoms with Crippen molar-refractivity contribution >= 4 is 5.69 Å². The molecule has 26 heavy (non-hydrogen) atoms. The lowest BCUT2D eigenvalue weighted by Crippen LogP contribution is -2.68. The molecule has 0 saturated carbocycles. The molecule has 2 aromatic rings. The highest BCUT2D eigenvalue weighted by Crippen LogP contribution is 2.34. The molecule has 7 heteroatoms. The van der Waals surface area contributed by atoms with E-state index in [-0.39, 0.29) is 17.2 Å². The van der Waals surface area contributed by atoms with Crippen molar-refractivity contribution in [2.45, 2.75) is 25.5 Å². The van der Waals surface area contributed by atoms with E-state index in [4.69, 9.17) is 9.47 Å². The van der Waals surface area contributed by atoms with Crippen LogP contribution < -0.4 is 10.5 Å². The molecular formula is C19H22N4O3. The normalized spacial score (nSPS) is 21.2. The summed E-state index contributed by atoms with van der Waals surface area (Å²) in [6.07, 6.45) is 3.54. The van der Waals surface area contributed by atoms with Crippen molar-refractivity contribution in [3.63, 3.8) is 0 Å². The van der Waals surface area contributed by atoms with Gasteiger partial charge in [0.05, 0.1) is 37.1 Å². The lowest BCUT2D eigenvalue weighted by atomic mass is 9.90. The number of hydrogen-bond donors (Lipinski definition) is 1. The Labute approximate surface area is 151 Å². The van der Waals surface area contributed by atoms with Gasteiger partial charge < -0.3 is 19.4 Å². The molecule has 0 aromatic carbocycles. The summed E-state index contributed by atoms with van der Waals surface area (Å²) in [6.45, 7) is 6.41. The minimum atomic E-state index is -0.306. The Balaban J connectivity index is 1.65. The van der Waals surface area contributed by atoms with Gasteiger partial charge in [0.1, 0.15) is 11.3 Å². The zero-order valence-corrected chi connectivity index (χ0v) is 15.2. The second kappa shape index (κ2) is 6.31. The average Bonchev–Trinajstić information content (AvgIpc) is 2.91. The van der Waals surface area contributed by atoms with Crippen LogP contribution in [0.2, 0.25) is 0 Å². The molecule has 2 aromatic heterocycles. The largest absolute Gasteiger partial charge is 0.375 e. The molecule has 2 aliphatic heterocycles. The van der Waals surface area contributed by atoms with E-state index in [1.54, 1.807) is 10.9 Å². The molecule has 1 unspecified atom stereocenters. The van der Waals surface area contributed by atoms with Crippen LogP contribution in [0.4, 0.5) is 5.69 Å². The van der Waals surface area contributed by atoms with Gasteiger partial charge >= 0.3 is 0 Å². The fourth-order valence-electron chi connectivity index (χ4n) is 3.52. The Morgan fingerprint density at radius 3 is 2.85 bits per heavy atom. The zero-order valence-electron chi connectivity index (χ0n) is 15.2. The molecule has 2 saturated heterocycles. The molecule has 0 amide bonds. The van der Waals surface area contributed by atoms with Crippen LogP contribution in [0.25, 0.3) is 0 Å². The number of anilines is 1. The highest BCUT2D eigenvalue weighted by molar-refractivity contribution is 5.53. The van der Waals surface area contributed by atoms with Gasteiger partial charge in [-0.1, -0.05) is 11.8 Å². The molecule has 2 aliphatic rings. The van der Waals surface area contributed by atoms with Gasteiger partial charge in [-0.05, 0) is 19.9 Å². The maximum Gasteiger partial charge on any atom is 0.271 e. The smallest absolute Gasteiger partial charge is 0.271 e. The number of morpholine rings is 1. The van der Waals surface area contributed by atoms with Gasteiger partial charge in [0.15, 0.2) is 0 Å². The average molecular weight is 354 g/mol. The quantitative estimate of drug-likeness (QED) is 0.768. The molecular weight excluding hydrogens is 332 g/mol. The first-order valence-electron chi connectivity index (χ1n) is 8.72. The van der Waals surface area contributed by atoms with Gasteiger partial charge in [-0.2, -0.15) is 5.10 Å². The molecule has 0 radical (unpaired) electrons. The zero-order chi connectivity index (χ0) is 18.3. The Hall–Kier alpha value is -2.56.